The molecule has 7 heteroatoms. The number of aliphatic imine (C=N–C) groups is 1. The fourth-order valence-corrected chi connectivity index (χ4v) is 4.09. The molecule has 140 valence electrons. The van der Waals surface area contributed by atoms with Crippen LogP contribution in [0.5, 0.6) is 0 Å². The number of halogens is 1. The molecule has 1 fully saturated rings. The first-order valence-corrected chi connectivity index (χ1v) is 10.7. The Bertz CT molecular complexity index is 728. The van der Waals surface area contributed by atoms with Crippen LogP contribution >= 0.6 is 27.3 Å². The maximum Gasteiger partial charge on any atom is 0.190 e. The summed E-state index contributed by atoms with van der Waals surface area (Å²) in [6.07, 6.45) is 2.13. The van der Waals surface area contributed by atoms with Crippen molar-refractivity contribution in [3.8, 4) is 0 Å². The Morgan fingerprint density at radius 1 is 1.35 bits per heavy atom. The second-order valence-corrected chi connectivity index (χ2v) is 8.54. The van der Waals surface area contributed by atoms with Gasteiger partial charge in [0.25, 0.3) is 0 Å². The van der Waals surface area contributed by atoms with Crippen LogP contribution in [0.1, 0.15) is 17.1 Å². The minimum atomic E-state index is 0.637. The molecule has 1 unspecified atom stereocenters. The van der Waals surface area contributed by atoms with Crippen LogP contribution in [0.25, 0.3) is 0 Å². The predicted molar refractivity (Wildman–Crippen MR) is 114 cm³/mol. The molecular formula is C19H26BrN5S. The summed E-state index contributed by atoms with van der Waals surface area (Å²) in [5.41, 5.74) is 2.45. The van der Waals surface area contributed by atoms with Crippen molar-refractivity contribution in [1.82, 2.24) is 15.6 Å². The number of thiazole rings is 1. The number of aromatic nitrogens is 1. The second kappa shape index (κ2) is 9.37. The number of rotatable bonds is 6. The number of benzene rings is 1. The summed E-state index contributed by atoms with van der Waals surface area (Å²) in [7, 11) is 1.82. The summed E-state index contributed by atoms with van der Waals surface area (Å²) in [6, 6.07) is 8.58. The van der Waals surface area contributed by atoms with Crippen LogP contribution in [0.2, 0.25) is 0 Å². The molecule has 1 aliphatic rings. The maximum absolute atomic E-state index is 4.49. The molecule has 1 aromatic carbocycles. The highest BCUT2D eigenvalue weighted by atomic mass is 79.9. The summed E-state index contributed by atoms with van der Waals surface area (Å²) in [5.74, 6) is 1.51. The molecule has 0 radical (unpaired) electrons. The van der Waals surface area contributed by atoms with Gasteiger partial charge in [0.2, 0.25) is 0 Å². The lowest BCUT2D eigenvalue weighted by atomic mass is 10.1. The number of aryl methyl sites for hydroxylation is 1. The third-order valence-corrected chi connectivity index (χ3v) is 5.95. The predicted octanol–water partition coefficient (Wildman–Crippen LogP) is 3.45. The topological polar surface area (TPSA) is 52.6 Å². The number of hydrogen-bond donors (Lipinski definition) is 2. The zero-order chi connectivity index (χ0) is 18.4. The van der Waals surface area contributed by atoms with Crippen molar-refractivity contribution in [2.75, 3.05) is 38.1 Å². The van der Waals surface area contributed by atoms with Gasteiger partial charge in [0.05, 0.1) is 10.7 Å². The summed E-state index contributed by atoms with van der Waals surface area (Å²) in [4.78, 5) is 11.3. The monoisotopic (exact) mass is 435 g/mol. The molecule has 26 heavy (non-hydrogen) atoms. The Labute approximate surface area is 168 Å². The second-order valence-electron chi connectivity index (χ2n) is 6.56. The molecule has 0 bridgehead atoms. The van der Waals surface area contributed by atoms with Gasteiger partial charge in [-0.25, -0.2) is 4.98 Å². The van der Waals surface area contributed by atoms with Crippen molar-refractivity contribution in [3.63, 3.8) is 0 Å². The molecule has 2 heterocycles. The van der Waals surface area contributed by atoms with E-state index in [1.165, 1.54) is 12.1 Å². The number of hydrogen-bond acceptors (Lipinski definition) is 4. The highest BCUT2D eigenvalue weighted by Gasteiger charge is 2.22. The van der Waals surface area contributed by atoms with E-state index in [4.69, 9.17) is 0 Å². The van der Waals surface area contributed by atoms with Crippen LogP contribution in [0, 0.1) is 12.8 Å². The normalized spacial score (nSPS) is 17.6. The number of anilines is 1. The van der Waals surface area contributed by atoms with E-state index in [9.17, 15) is 0 Å². The molecule has 0 aliphatic carbocycles. The molecule has 1 aromatic heterocycles. The fraction of sp³-hybridized carbons (Fsp3) is 0.474. The van der Waals surface area contributed by atoms with E-state index in [1.54, 1.807) is 11.3 Å². The quantitative estimate of drug-likeness (QED) is 0.538. The van der Waals surface area contributed by atoms with E-state index in [2.05, 4.69) is 71.1 Å². The van der Waals surface area contributed by atoms with E-state index in [1.807, 2.05) is 14.0 Å². The van der Waals surface area contributed by atoms with Crippen LogP contribution in [-0.2, 0) is 6.42 Å². The highest BCUT2D eigenvalue weighted by Crippen LogP contribution is 2.24. The van der Waals surface area contributed by atoms with Gasteiger partial charge in [-0.3, -0.25) is 4.99 Å². The average Bonchev–Trinajstić information content (AvgIpc) is 3.28. The van der Waals surface area contributed by atoms with Crippen molar-refractivity contribution in [3.05, 3.63) is 44.8 Å². The molecule has 0 amide bonds. The average molecular weight is 436 g/mol. The zero-order valence-corrected chi connectivity index (χ0v) is 17.7. The molecule has 5 nitrogen and oxygen atoms in total. The van der Waals surface area contributed by atoms with Gasteiger partial charge in [-0.05, 0) is 43.5 Å². The van der Waals surface area contributed by atoms with Crippen LogP contribution in [0.3, 0.4) is 0 Å². The van der Waals surface area contributed by atoms with Gasteiger partial charge in [0.15, 0.2) is 5.96 Å². The van der Waals surface area contributed by atoms with Gasteiger partial charge in [0, 0.05) is 55.2 Å². The van der Waals surface area contributed by atoms with Crippen molar-refractivity contribution in [2.24, 2.45) is 10.9 Å². The first kappa shape index (κ1) is 19.2. The van der Waals surface area contributed by atoms with Gasteiger partial charge in [-0.15, -0.1) is 11.3 Å². The lowest BCUT2D eigenvalue weighted by molar-refractivity contribution is 0.565. The largest absolute Gasteiger partial charge is 0.371 e. The van der Waals surface area contributed by atoms with Gasteiger partial charge in [-0.2, -0.15) is 0 Å². The summed E-state index contributed by atoms with van der Waals surface area (Å²) in [5, 5.41) is 10.1. The minimum absolute atomic E-state index is 0.637. The molecule has 1 saturated heterocycles. The number of nitrogens with zero attached hydrogens (tertiary/aromatic N) is 3. The van der Waals surface area contributed by atoms with Gasteiger partial charge >= 0.3 is 0 Å². The third-order valence-electron chi connectivity index (χ3n) is 4.60. The van der Waals surface area contributed by atoms with Crippen molar-refractivity contribution in [2.45, 2.75) is 19.8 Å². The van der Waals surface area contributed by atoms with E-state index < -0.39 is 0 Å². The minimum Gasteiger partial charge on any atom is -0.371 e. The first-order chi connectivity index (χ1) is 12.6. The van der Waals surface area contributed by atoms with Crippen LogP contribution < -0.4 is 15.5 Å². The molecule has 0 spiro atoms. The maximum atomic E-state index is 4.49. The Kier molecular flexibility index (Phi) is 6.91. The molecule has 1 aliphatic heterocycles. The zero-order valence-electron chi connectivity index (χ0n) is 15.3. The van der Waals surface area contributed by atoms with Crippen molar-refractivity contribution in [1.29, 1.82) is 0 Å². The van der Waals surface area contributed by atoms with Gasteiger partial charge < -0.3 is 15.5 Å². The standard InChI is InChI=1S/C19H26BrN5S/c1-14-24-17(13-26-14)7-9-22-19(21-2)23-11-15-8-10-25(12-15)18-5-3-16(20)4-6-18/h3-6,13,15H,7-12H2,1-2H3,(H2,21,22,23). The molecule has 1 atom stereocenters. The summed E-state index contributed by atoms with van der Waals surface area (Å²) < 4.78 is 1.13. The first-order valence-electron chi connectivity index (χ1n) is 9.00. The van der Waals surface area contributed by atoms with Gasteiger partial charge in [0.1, 0.15) is 0 Å². The van der Waals surface area contributed by atoms with Gasteiger partial charge in [-0.1, -0.05) is 15.9 Å². The van der Waals surface area contributed by atoms with Crippen LogP contribution in [0.15, 0.2) is 39.1 Å². The summed E-state index contributed by atoms with van der Waals surface area (Å²) >= 11 is 5.20. The molecule has 2 N–H and O–H groups in total. The summed E-state index contributed by atoms with van der Waals surface area (Å²) in [6.45, 7) is 6.04. The van der Waals surface area contributed by atoms with Crippen LogP contribution in [-0.4, -0.2) is 44.2 Å². The SMILES string of the molecule is CN=C(NCCc1csc(C)n1)NCC1CCN(c2ccc(Br)cc2)C1. The molecular weight excluding hydrogens is 410 g/mol. The lowest BCUT2D eigenvalue weighted by Crippen LogP contribution is -2.41. The lowest BCUT2D eigenvalue weighted by Gasteiger charge is -2.19. The van der Waals surface area contributed by atoms with E-state index >= 15 is 0 Å². The highest BCUT2D eigenvalue weighted by molar-refractivity contribution is 9.10. The van der Waals surface area contributed by atoms with E-state index in [-0.39, 0.29) is 0 Å². The van der Waals surface area contributed by atoms with E-state index in [0.29, 0.717) is 5.92 Å². The van der Waals surface area contributed by atoms with Crippen molar-refractivity contribution < 1.29 is 0 Å². The smallest absolute Gasteiger partial charge is 0.190 e. The van der Waals surface area contributed by atoms with Crippen LogP contribution in [0.4, 0.5) is 5.69 Å². The Balaban J connectivity index is 1.39. The Hall–Kier alpha value is -1.60. The third kappa shape index (κ3) is 5.45. The number of nitrogens with one attached hydrogen (secondary N) is 2. The Morgan fingerprint density at radius 3 is 2.85 bits per heavy atom. The Morgan fingerprint density at radius 2 is 2.15 bits per heavy atom. The number of guanidine groups is 1. The van der Waals surface area contributed by atoms with E-state index in [0.717, 1.165) is 53.7 Å². The molecule has 2 aromatic rings. The van der Waals surface area contributed by atoms with Crippen molar-refractivity contribution >= 4 is 38.9 Å². The molecule has 0 saturated carbocycles. The molecule has 3 rings (SSSR count). The fourth-order valence-electron chi connectivity index (χ4n) is 3.18.